The molecule has 0 amide bonds. The molecule has 0 N–H and O–H groups in total. The molecule has 0 spiro atoms. The SMILES string of the molecule is CC1COC(c2c[c-]c(-c3c[c-]c(-c4ccc(C(F)(F)Oc5ccc(OC(F)(F)F)c(F)c5)cc4)[c-]c3)[c-]c2)OC1.[Y].[Y].[Y].[Y]. The summed E-state index contributed by atoms with van der Waals surface area (Å²) in [4.78, 5) is 0. The van der Waals surface area contributed by atoms with Crippen molar-refractivity contribution in [3.05, 3.63) is 108 Å². The molecule has 1 aliphatic rings. The molecular weight excluding hydrogens is 906 g/mol. The first kappa shape index (κ1) is 43.4. The Morgan fingerprint density at radius 1 is 0.711 bits per heavy atom. The maximum atomic E-state index is 14.7. The molecule has 1 fully saturated rings. The molecule has 14 heteroatoms. The summed E-state index contributed by atoms with van der Waals surface area (Å²) in [6.07, 6.45) is -9.49. The van der Waals surface area contributed by atoms with Gasteiger partial charge in [-0.3, -0.25) is 35.4 Å². The summed E-state index contributed by atoms with van der Waals surface area (Å²) in [5.41, 5.74) is 2.73. The van der Waals surface area contributed by atoms with Crippen LogP contribution in [0.5, 0.6) is 11.5 Å². The van der Waals surface area contributed by atoms with Gasteiger partial charge in [0.05, 0.1) is 18.8 Å². The molecule has 0 bridgehead atoms. The van der Waals surface area contributed by atoms with E-state index in [0.717, 1.165) is 29.3 Å². The zero-order valence-electron chi connectivity index (χ0n) is 23.6. The van der Waals surface area contributed by atoms with Gasteiger partial charge in [0.15, 0.2) is 11.6 Å². The molecule has 0 atom stereocenters. The van der Waals surface area contributed by atoms with Crippen LogP contribution in [0.1, 0.15) is 24.3 Å². The smallest absolute Gasteiger partial charge is 0.429 e. The Labute approximate surface area is 357 Å². The molecule has 0 aliphatic carbocycles. The van der Waals surface area contributed by atoms with Crippen molar-refractivity contribution >= 4 is 0 Å². The van der Waals surface area contributed by atoms with Gasteiger partial charge in [0.2, 0.25) is 0 Å². The Morgan fingerprint density at radius 2 is 1.24 bits per heavy atom. The van der Waals surface area contributed by atoms with Crippen LogP contribution >= 0.6 is 0 Å². The van der Waals surface area contributed by atoms with Crippen LogP contribution in [-0.4, -0.2) is 19.6 Å². The van der Waals surface area contributed by atoms with Crippen LogP contribution < -0.4 is 9.47 Å². The van der Waals surface area contributed by atoms with Gasteiger partial charge in [-0.15, -0.1) is 25.3 Å². The van der Waals surface area contributed by atoms with E-state index in [9.17, 15) is 26.3 Å². The average molecular weight is 926 g/mol. The number of alkyl halides is 5. The molecule has 0 saturated carbocycles. The van der Waals surface area contributed by atoms with Gasteiger partial charge < -0.3 is 18.9 Å². The van der Waals surface area contributed by atoms with Gasteiger partial charge in [-0.05, 0) is 12.1 Å². The molecule has 4 radical (unpaired) electrons. The van der Waals surface area contributed by atoms with Crippen molar-refractivity contribution in [2.24, 2.45) is 5.92 Å². The molecular formula is C31H20F6O4Y4-4. The average Bonchev–Trinajstić information content (AvgIpc) is 2.94. The predicted octanol–water partition coefficient (Wildman–Crippen LogP) is 8.06. The van der Waals surface area contributed by atoms with Crippen molar-refractivity contribution in [2.75, 3.05) is 13.2 Å². The standard InChI is InChI=1S/C31H20F6O4.4Y/c1-19-17-38-29(39-18-19)24-8-6-22(7-9-24)20-2-4-21(5-3-20)23-10-12-25(13-11-23)30(33,34)40-26-14-15-28(27(32)16-26)41-31(35,36)37;;;;/h2-3,8-16,19,29H,17-18H2,1H3;;;;/q-4;;;;. The number of hydrogen-bond donors (Lipinski definition) is 0. The van der Waals surface area contributed by atoms with Crippen molar-refractivity contribution in [1.82, 2.24) is 0 Å². The Kier molecular flexibility index (Phi) is 18.3. The van der Waals surface area contributed by atoms with E-state index in [0.29, 0.717) is 48.0 Å². The molecule has 4 nitrogen and oxygen atoms in total. The van der Waals surface area contributed by atoms with Gasteiger partial charge in [-0.2, -0.15) is 19.9 Å². The summed E-state index contributed by atoms with van der Waals surface area (Å²) in [6, 6.07) is 26.1. The van der Waals surface area contributed by atoms with Crippen molar-refractivity contribution in [3.8, 4) is 33.8 Å². The van der Waals surface area contributed by atoms with Gasteiger partial charge in [0.25, 0.3) is 0 Å². The number of rotatable bonds is 7. The zero-order chi connectivity index (χ0) is 29.2. The van der Waals surface area contributed by atoms with Crippen molar-refractivity contribution in [3.63, 3.8) is 0 Å². The van der Waals surface area contributed by atoms with Gasteiger partial charge in [-0.1, -0.05) is 19.1 Å². The maximum absolute atomic E-state index is 14.7. The Morgan fingerprint density at radius 3 is 1.78 bits per heavy atom. The third kappa shape index (κ3) is 12.0. The second kappa shape index (κ2) is 19.0. The van der Waals surface area contributed by atoms with Crippen LogP contribution in [0.15, 0.2) is 66.7 Å². The van der Waals surface area contributed by atoms with Crippen molar-refractivity contribution in [1.29, 1.82) is 0 Å². The third-order valence-electron chi connectivity index (χ3n) is 6.02. The van der Waals surface area contributed by atoms with E-state index in [-0.39, 0.29) is 131 Å². The van der Waals surface area contributed by atoms with Crippen LogP contribution in [0, 0.1) is 36.0 Å². The Bertz CT molecular complexity index is 1480. The molecule has 45 heavy (non-hydrogen) atoms. The van der Waals surface area contributed by atoms with Crippen LogP contribution in [0.4, 0.5) is 26.3 Å². The second-order valence-corrected chi connectivity index (χ2v) is 9.30. The van der Waals surface area contributed by atoms with Gasteiger partial charge >= 0.3 is 12.5 Å². The topological polar surface area (TPSA) is 36.9 Å². The molecule has 0 aromatic heterocycles. The third-order valence-corrected chi connectivity index (χ3v) is 6.02. The predicted molar refractivity (Wildman–Crippen MR) is 134 cm³/mol. The normalized spacial score (nSPS) is 16.2. The van der Waals surface area contributed by atoms with E-state index in [2.05, 4.69) is 33.7 Å². The first-order valence-corrected chi connectivity index (χ1v) is 12.3. The van der Waals surface area contributed by atoms with E-state index >= 15 is 0 Å². The molecule has 1 heterocycles. The van der Waals surface area contributed by atoms with Gasteiger partial charge in [0.1, 0.15) is 12.0 Å². The summed E-state index contributed by atoms with van der Waals surface area (Å²) >= 11 is 0. The summed E-state index contributed by atoms with van der Waals surface area (Å²) in [5.74, 6) is -3.01. The summed E-state index contributed by atoms with van der Waals surface area (Å²) in [7, 11) is 0. The minimum Gasteiger partial charge on any atom is -0.429 e. The Hall–Kier alpha value is 0.396. The number of halogens is 6. The summed E-state index contributed by atoms with van der Waals surface area (Å²) < 4.78 is 99.6. The monoisotopic (exact) mass is 926 g/mol. The molecule has 226 valence electrons. The number of ether oxygens (including phenoxy) is 4. The molecule has 4 aromatic rings. The number of benzene rings is 4. The fourth-order valence-corrected chi connectivity index (χ4v) is 3.97. The molecule has 4 aromatic carbocycles. The second-order valence-electron chi connectivity index (χ2n) is 9.30. The molecule has 1 saturated heterocycles. The Balaban J connectivity index is 0.00000253. The van der Waals surface area contributed by atoms with Gasteiger partial charge in [-0.25, -0.2) is 34.2 Å². The molecule has 1 aliphatic heterocycles. The fraction of sp³-hybridized carbons (Fsp3) is 0.226. The molecule has 5 rings (SSSR count). The largest absolute Gasteiger partial charge is 0.573 e. The van der Waals surface area contributed by atoms with Crippen LogP contribution in [-0.2, 0) is 146 Å². The summed E-state index contributed by atoms with van der Waals surface area (Å²) in [6.45, 7) is 3.27. The quantitative estimate of drug-likeness (QED) is 0.139. The van der Waals surface area contributed by atoms with Gasteiger partial charge in [0, 0.05) is 143 Å². The first-order chi connectivity index (χ1) is 19.5. The van der Waals surface area contributed by atoms with E-state index in [1.54, 1.807) is 24.3 Å². The van der Waals surface area contributed by atoms with E-state index in [4.69, 9.17) is 9.47 Å². The van der Waals surface area contributed by atoms with Crippen molar-refractivity contribution in [2.45, 2.75) is 25.7 Å². The summed E-state index contributed by atoms with van der Waals surface area (Å²) in [5, 5.41) is 0. The van der Waals surface area contributed by atoms with E-state index in [1.165, 1.54) is 12.1 Å². The van der Waals surface area contributed by atoms with Crippen molar-refractivity contribution < 1.29 is 176 Å². The maximum Gasteiger partial charge on any atom is 0.573 e. The van der Waals surface area contributed by atoms with Crippen LogP contribution in [0.2, 0.25) is 0 Å². The molecule has 0 unspecified atom stereocenters. The number of hydrogen-bond acceptors (Lipinski definition) is 4. The van der Waals surface area contributed by atoms with Crippen LogP contribution in [0.25, 0.3) is 22.3 Å². The van der Waals surface area contributed by atoms with Crippen LogP contribution in [0.3, 0.4) is 0 Å². The van der Waals surface area contributed by atoms with E-state index < -0.39 is 41.6 Å². The van der Waals surface area contributed by atoms with E-state index in [1.807, 2.05) is 6.92 Å². The first-order valence-electron chi connectivity index (χ1n) is 12.3. The minimum absolute atomic E-state index is 0. The minimum atomic E-state index is -5.13. The zero-order valence-corrected chi connectivity index (χ0v) is 35.0. The fourth-order valence-electron chi connectivity index (χ4n) is 3.97.